The van der Waals surface area contributed by atoms with Gasteiger partial charge in [0.2, 0.25) is 17.7 Å². The average molecular weight is 500 g/mol. The molecule has 2 saturated heterocycles. The Balaban J connectivity index is 0.00000193. The van der Waals surface area contributed by atoms with Crippen molar-refractivity contribution in [2.75, 3.05) is 38.0 Å². The van der Waals surface area contributed by atoms with Crippen molar-refractivity contribution in [3.05, 3.63) is 29.3 Å². The van der Waals surface area contributed by atoms with Crippen LogP contribution in [0.2, 0.25) is 0 Å². The minimum atomic E-state index is -0.661. The fourth-order valence-electron chi connectivity index (χ4n) is 4.47. The zero-order valence-corrected chi connectivity index (χ0v) is 20.1. The quantitative estimate of drug-likeness (QED) is 0.385. The number of anilines is 1. The smallest absolute Gasteiger partial charge is 0.255 e. The summed E-state index contributed by atoms with van der Waals surface area (Å²) < 4.78 is 0. The molecule has 3 N–H and O–H groups in total. The minimum absolute atomic E-state index is 0. The molecule has 3 aliphatic heterocycles. The summed E-state index contributed by atoms with van der Waals surface area (Å²) in [4.78, 5) is 52.9. The molecular formula is C22H31Cl2N5O4. The maximum absolute atomic E-state index is 12.9. The van der Waals surface area contributed by atoms with Crippen LogP contribution in [0.3, 0.4) is 0 Å². The number of fused-ring (bicyclic) bond motifs is 1. The Morgan fingerprint density at radius 2 is 1.85 bits per heavy atom. The van der Waals surface area contributed by atoms with Gasteiger partial charge in [0, 0.05) is 62.4 Å². The fraction of sp³-hybridized carbons (Fsp3) is 0.545. The molecule has 0 aromatic heterocycles. The van der Waals surface area contributed by atoms with Crippen LogP contribution in [0, 0.1) is 0 Å². The molecule has 4 rings (SSSR count). The molecule has 2 fully saturated rings. The lowest BCUT2D eigenvalue weighted by molar-refractivity contribution is -0.137. The van der Waals surface area contributed by atoms with Gasteiger partial charge < -0.3 is 20.4 Å². The lowest BCUT2D eigenvalue weighted by Gasteiger charge is -2.29. The van der Waals surface area contributed by atoms with Gasteiger partial charge in [-0.1, -0.05) is 6.07 Å². The lowest BCUT2D eigenvalue weighted by Crippen LogP contribution is -2.52. The van der Waals surface area contributed by atoms with Crippen LogP contribution in [0.4, 0.5) is 5.69 Å². The Bertz CT molecular complexity index is 892. The molecule has 1 unspecified atom stereocenters. The molecule has 3 aliphatic rings. The van der Waals surface area contributed by atoms with Crippen LogP contribution in [-0.2, 0) is 20.9 Å². The van der Waals surface area contributed by atoms with Crippen LogP contribution in [0.1, 0.15) is 48.0 Å². The molecule has 4 amide bonds. The molecule has 0 radical (unpaired) electrons. The van der Waals surface area contributed by atoms with Gasteiger partial charge in [-0.15, -0.1) is 24.8 Å². The Morgan fingerprint density at radius 3 is 2.58 bits per heavy atom. The van der Waals surface area contributed by atoms with Crippen LogP contribution >= 0.6 is 24.8 Å². The first kappa shape index (κ1) is 27.0. The van der Waals surface area contributed by atoms with Gasteiger partial charge in [0.1, 0.15) is 6.04 Å². The number of nitrogens with zero attached hydrogens (tertiary/aromatic N) is 2. The highest BCUT2D eigenvalue weighted by atomic mass is 35.5. The Morgan fingerprint density at radius 1 is 1.09 bits per heavy atom. The summed E-state index contributed by atoms with van der Waals surface area (Å²) in [5.74, 6) is -1.06. The third-order valence-corrected chi connectivity index (χ3v) is 6.19. The third-order valence-electron chi connectivity index (χ3n) is 6.19. The zero-order chi connectivity index (χ0) is 21.8. The van der Waals surface area contributed by atoms with Gasteiger partial charge in [-0.25, -0.2) is 0 Å². The van der Waals surface area contributed by atoms with E-state index in [-0.39, 0.29) is 55.5 Å². The normalized spacial score (nSPS) is 20.4. The highest BCUT2D eigenvalue weighted by Gasteiger charge is 2.39. The van der Waals surface area contributed by atoms with Gasteiger partial charge in [0.25, 0.3) is 5.91 Å². The summed E-state index contributed by atoms with van der Waals surface area (Å²) in [6.07, 6.45) is 2.75. The summed E-state index contributed by atoms with van der Waals surface area (Å²) in [5.41, 5.74) is 1.85. The Kier molecular flexibility index (Phi) is 10.1. The third kappa shape index (κ3) is 6.44. The number of carbonyl (C=O) groups is 4. The van der Waals surface area contributed by atoms with Gasteiger partial charge in [-0.3, -0.25) is 24.5 Å². The zero-order valence-electron chi connectivity index (χ0n) is 18.4. The number of imide groups is 1. The minimum Gasteiger partial charge on any atom is -0.326 e. The largest absolute Gasteiger partial charge is 0.326 e. The second-order valence-corrected chi connectivity index (χ2v) is 8.33. The molecule has 0 bridgehead atoms. The lowest BCUT2D eigenvalue weighted by atomic mass is 10.0. The van der Waals surface area contributed by atoms with Crippen molar-refractivity contribution in [2.45, 2.75) is 44.7 Å². The monoisotopic (exact) mass is 499 g/mol. The molecule has 0 aliphatic carbocycles. The van der Waals surface area contributed by atoms with E-state index in [1.807, 2.05) is 0 Å². The Hall–Kier alpha value is -2.20. The number of benzene rings is 1. The van der Waals surface area contributed by atoms with Gasteiger partial charge in [0.15, 0.2) is 0 Å². The van der Waals surface area contributed by atoms with Crippen LogP contribution in [0.5, 0.6) is 0 Å². The van der Waals surface area contributed by atoms with E-state index in [4.69, 9.17) is 0 Å². The number of hydrogen-bond acceptors (Lipinski definition) is 6. The van der Waals surface area contributed by atoms with Crippen molar-refractivity contribution in [3.63, 3.8) is 0 Å². The SMILES string of the molecule is Cl.Cl.O=C1CCC(N2Cc3c(NC(=O)CCCCN4CCNCC4)cccc3C2=O)C(=O)N1. The maximum atomic E-state index is 12.9. The summed E-state index contributed by atoms with van der Waals surface area (Å²) in [7, 11) is 0. The highest BCUT2D eigenvalue weighted by molar-refractivity contribution is 6.06. The van der Waals surface area contributed by atoms with E-state index in [9.17, 15) is 19.2 Å². The van der Waals surface area contributed by atoms with E-state index in [1.165, 1.54) is 4.90 Å². The topological polar surface area (TPSA) is 111 Å². The van der Waals surface area contributed by atoms with E-state index in [0.717, 1.165) is 51.1 Å². The summed E-state index contributed by atoms with van der Waals surface area (Å²) in [5, 5.41) is 8.58. The Labute approximate surface area is 205 Å². The number of piperidine rings is 1. The summed E-state index contributed by atoms with van der Waals surface area (Å²) in [6.45, 7) is 5.41. The number of carbonyl (C=O) groups excluding carboxylic acids is 4. The molecule has 11 heteroatoms. The van der Waals surface area contributed by atoms with Crippen molar-refractivity contribution in [3.8, 4) is 0 Å². The van der Waals surface area contributed by atoms with Crippen LogP contribution in [0.25, 0.3) is 0 Å². The first-order valence-corrected chi connectivity index (χ1v) is 11.0. The van der Waals surface area contributed by atoms with Crippen LogP contribution in [0.15, 0.2) is 18.2 Å². The second kappa shape index (κ2) is 12.3. The molecule has 182 valence electrons. The molecule has 0 spiro atoms. The standard InChI is InChI=1S/C22H29N5O4.2ClH/c28-19(6-1-2-11-26-12-9-23-10-13-26)24-17-5-3-4-15-16(17)14-27(22(15)31)18-7-8-20(29)25-21(18)30;;/h3-5,18,23H,1-2,6-14H2,(H,24,28)(H,25,29,30);2*1H. The summed E-state index contributed by atoms with van der Waals surface area (Å²) >= 11 is 0. The molecule has 1 aromatic carbocycles. The van der Waals surface area contributed by atoms with Crippen LogP contribution in [-0.4, -0.2) is 72.2 Å². The van der Waals surface area contributed by atoms with Crippen molar-refractivity contribution in [1.29, 1.82) is 0 Å². The number of nitrogens with one attached hydrogen (secondary N) is 3. The molecule has 3 heterocycles. The van der Waals surface area contributed by atoms with E-state index in [1.54, 1.807) is 18.2 Å². The maximum Gasteiger partial charge on any atom is 0.255 e. The van der Waals surface area contributed by atoms with E-state index in [2.05, 4.69) is 20.9 Å². The van der Waals surface area contributed by atoms with Crippen LogP contribution < -0.4 is 16.0 Å². The number of amides is 4. The predicted octanol–water partition coefficient (Wildman–Crippen LogP) is 1.31. The van der Waals surface area contributed by atoms with Gasteiger partial charge in [0.05, 0.1) is 0 Å². The molecular weight excluding hydrogens is 469 g/mol. The second-order valence-electron chi connectivity index (χ2n) is 8.33. The number of halogens is 2. The molecule has 9 nitrogen and oxygen atoms in total. The van der Waals surface area contributed by atoms with E-state index < -0.39 is 11.9 Å². The highest BCUT2D eigenvalue weighted by Crippen LogP contribution is 2.32. The number of unbranched alkanes of at least 4 members (excludes halogenated alkanes) is 1. The average Bonchev–Trinajstić information content (AvgIpc) is 3.09. The number of piperazine rings is 1. The first-order valence-electron chi connectivity index (χ1n) is 11.0. The fourth-order valence-corrected chi connectivity index (χ4v) is 4.47. The number of rotatable bonds is 7. The molecule has 33 heavy (non-hydrogen) atoms. The van der Waals surface area contributed by atoms with E-state index >= 15 is 0 Å². The molecule has 1 atom stereocenters. The van der Waals surface area contributed by atoms with Crippen molar-refractivity contribution in [1.82, 2.24) is 20.4 Å². The van der Waals surface area contributed by atoms with Gasteiger partial charge in [-0.05, 0) is 37.9 Å². The van der Waals surface area contributed by atoms with Gasteiger partial charge >= 0.3 is 0 Å². The van der Waals surface area contributed by atoms with Crippen molar-refractivity contribution in [2.24, 2.45) is 0 Å². The summed E-state index contributed by atoms with van der Waals surface area (Å²) in [6, 6.07) is 4.59. The number of hydrogen-bond donors (Lipinski definition) is 3. The molecule has 0 saturated carbocycles. The molecule has 1 aromatic rings. The van der Waals surface area contributed by atoms with Crippen molar-refractivity contribution < 1.29 is 19.2 Å². The van der Waals surface area contributed by atoms with E-state index in [0.29, 0.717) is 24.1 Å². The first-order chi connectivity index (χ1) is 15.0. The van der Waals surface area contributed by atoms with Crippen molar-refractivity contribution >= 4 is 54.1 Å². The predicted molar refractivity (Wildman–Crippen MR) is 129 cm³/mol. The van der Waals surface area contributed by atoms with Gasteiger partial charge in [-0.2, -0.15) is 0 Å².